The number of benzene rings is 1. The molecule has 2 aromatic rings. The Bertz CT molecular complexity index is 687. The number of H-pyrrole nitrogens is 1. The summed E-state index contributed by atoms with van der Waals surface area (Å²) in [6, 6.07) is 7.54. The standard InChI is InChI=1S/C16H19N5O2/c22-16(13-9-17-7-8-23-13)18-12-5-3-11(4-6-12)15-19-14(20-21-15)10-1-2-10/h3-6,10,13,17H,1-2,7-9H2,(H,18,22)(H,19,20,21)/t13-/m1/s1. The Morgan fingerprint density at radius 2 is 2.09 bits per heavy atom. The summed E-state index contributed by atoms with van der Waals surface area (Å²) in [5.41, 5.74) is 1.67. The molecule has 0 radical (unpaired) electrons. The van der Waals surface area contributed by atoms with Crippen molar-refractivity contribution in [2.24, 2.45) is 0 Å². The lowest BCUT2D eigenvalue weighted by atomic mass is 10.2. The molecular weight excluding hydrogens is 294 g/mol. The molecule has 1 saturated heterocycles. The van der Waals surface area contributed by atoms with Crippen molar-refractivity contribution >= 4 is 11.6 Å². The van der Waals surface area contributed by atoms with E-state index in [1.165, 1.54) is 12.8 Å². The molecule has 1 aliphatic carbocycles. The number of hydrogen-bond acceptors (Lipinski definition) is 5. The zero-order chi connectivity index (χ0) is 15.6. The molecule has 23 heavy (non-hydrogen) atoms. The van der Waals surface area contributed by atoms with Gasteiger partial charge in [-0.05, 0) is 37.1 Å². The van der Waals surface area contributed by atoms with E-state index in [1.54, 1.807) is 0 Å². The van der Waals surface area contributed by atoms with Gasteiger partial charge in [-0.1, -0.05) is 0 Å². The van der Waals surface area contributed by atoms with Crippen LogP contribution in [0.1, 0.15) is 24.6 Å². The van der Waals surface area contributed by atoms with Crippen LogP contribution in [0.4, 0.5) is 5.69 Å². The molecule has 0 bridgehead atoms. The molecule has 1 amide bonds. The second kappa shape index (κ2) is 6.10. The molecule has 7 nitrogen and oxygen atoms in total. The molecule has 4 rings (SSSR count). The van der Waals surface area contributed by atoms with Gasteiger partial charge in [0.25, 0.3) is 5.91 Å². The molecule has 1 aromatic carbocycles. The topological polar surface area (TPSA) is 91.9 Å². The lowest BCUT2D eigenvalue weighted by Crippen LogP contribution is -2.45. The molecule has 3 N–H and O–H groups in total. The van der Waals surface area contributed by atoms with Crippen LogP contribution in [0.25, 0.3) is 11.4 Å². The Labute approximate surface area is 133 Å². The van der Waals surface area contributed by atoms with E-state index in [2.05, 4.69) is 25.8 Å². The van der Waals surface area contributed by atoms with Crippen molar-refractivity contribution in [3.8, 4) is 11.4 Å². The van der Waals surface area contributed by atoms with E-state index in [1.807, 2.05) is 24.3 Å². The van der Waals surface area contributed by atoms with Crippen LogP contribution < -0.4 is 10.6 Å². The molecule has 1 atom stereocenters. The Kier molecular flexibility index (Phi) is 3.80. The average molecular weight is 313 g/mol. The fourth-order valence-corrected chi connectivity index (χ4v) is 2.60. The molecule has 120 valence electrons. The molecular formula is C16H19N5O2. The Morgan fingerprint density at radius 3 is 2.78 bits per heavy atom. The minimum atomic E-state index is -0.433. The average Bonchev–Trinajstić information content (AvgIpc) is 3.34. The summed E-state index contributed by atoms with van der Waals surface area (Å²) in [6.07, 6.45) is 1.95. The third-order valence-electron chi connectivity index (χ3n) is 4.10. The molecule has 2 heterocycles. The first kappa shape index (κ1) is 14.3. The maximum atomic E-state index is 12.1. The summed E-state index contributed by atoms with van der Waals surface area (Å²) in [5, 5.41) is 13.3. The first-order valence-corrected chi connectivity index (χ1v) is 7.95. The SMILES string of the molecule is O=C(Nc1ccc(-c2n[nH]c(C3CC3)n2)cc1)[C@H]1CNCCO1. The van der Waals surface area contributed by atoms with E-state index in [4.69, 9.17) is 4.74 Å². The number of nitrogens with zero attached hydrogens (tertiary/aromatic N) is 2. The van der Waals surface area contributed by atoms with Gasteiger partial charge < -0.3 is 15.4 Å². The van der Waals surface area contributed by atoms with Crippen molar-refractivity contribution in [1.82, 2.24) is 20.5 Å². The lowest BCUT2D eigenvalue weighted by Gasteiger charge is -2.22. The van der Waals surface area contributed by atoms with Crippen LogP contribution in [0.2, 0.25) is 0 Å². The number of aromatic nitrogens is 3. The van der Waals surface area contributed by atoms with E-state index in [9.17, 15) is 4.79 Å². The van der Waals surface area contributed by atoms with Gasteiger partial charge >= 0.3 is 0 Å². The first-order valence-electron chi connectivity index (χ1n) is 7.95. The number of rotatable bonds is 4. The van der Waals surface area contributed by atoms with Gasteiger partial charge in [0.05, 0.1) is 6.61 Å². The highest BCUT2D eigenvalue weighted by Crippen LogP contribution is 2.38. The summed E-state index contributed by atoms with van der Waals surface area (Å²) < 4.78 is 5.44. The van der Waals surface area contributed by atoms with Gasteiger partial charge in [0.2, 0.25) is 0 Å². The van der Waals surface area contributed by atoms with E-state index in [-0.39, 0.29) is 5.91 Å². The number of aromatic amines is 1. The van der Waals surface area contributed by atoms with Crippen molar-refractivity contribution in [1.29, 1.82) is 0 Å². The summed E-state index contributed by atoms with van der Waals surface area (Å²) >= 11 is 0. The van der Waals surface area contributed by atoms with Gasteiger partial charge in [-0.3, -0.25) is 9.89 Å². The summed E-state index contributed by atoms with van der Waals surface area (Å²) in [5.74, 6) is 2.10. The monoisotopic (exact) mass is 313 g/mol. The summed E-state index contributed by atoms with van der Waals surface area (Å²) in [6.45, 7) is 1.90. The van der Waals surface area contributed by atoms with Gasteiger partial charge in [0, 0.05) is 30.3 Å². The van der Waals surface area contributed by atoms with Gasteiger partial charge in [0.15, 0.2) is 5.82 Å². The number of carbonyl (C=O) groups excluding carboxylic acids is 1. The maximum absolute atomic E-state index is 12.1. The van der Waals surface area contributed by atoms with Crippen LogP contribution in [-0.2, 0) is 9.53 Å². The van der Waals surface area contributed by atoms with Gasteiger partial charge in [-0.25, -0.2) is 4.98 Å². The number of ether oxygens (including phenoxy) is 1. The number of amides is 1. The molecule has 2 fully saturated rings. The van der Waals surface area contributed by atoms with E-state index >= 15 is 0 Å². The minimum absolute atomic E-state index is 0.126. The van der Waals surface area contributed by atoms with Crippen molar-refractivity contribution < 1.29 is 9.53 Å². The highest BCUT2D eigenvalue weighted by atomic mass is 16.5. The number of carbonyl (C=O) groups is 1. The van der Waals surface area contributed by atoms with Crippen molar-refractivity contribution in [3.05, 3.63) is 30.1 Å². The fourth-order valence-electron chi connectivity index (χ4n) is 2.60. The molecule has 7 heteroatoms. The first-order chi connectivity index (χ1) is 11.3. The maximum Gasteiger partial charge on any atom is 0.254 e. The molecule has 1 saturated carbocycles. The number of nitrogens with one attached hydrogen (secondary N) is 3. The molecule has 2 aliphatic rings. The van der Waals surface area contributed by atoms with Crippen molar-refractivity contribution in [3.63, 3.8) is 0 Å². The Balaban J connectivity index is 1.41. The largest absolute Gasteiger partial charge is 0.366 e. The van der Waals surface area contributed by atoms with Crippen molar-refractivity contribution in [2.75, 3.05) is 25.0 Å². The van der Waals surface area contributed by atoms with Crippen LogP contribution in [0.5, 0.6) is 0 Å². The number of anilines is 1. The smallest absolute Gasteiger partial charge is 0.254 e. The Hall–Kier alpha value is -2.25. The Morgan fingerprint density at radius 1 is 1.26 bits per heavy atom. The minimum Gasteiger partial charge on any atom is -0.366 e. The van der Waals surface area contributed by atoms with Crippen LogP contribution in [0.15, 0.2) is 24.3 Å². The highest BCUT2D eigenvalue weighted by molar-refractivity contribution is 5.94. The second-order valence-corrected chi connectivity index (χ2v) is 5.95. The highest BCUT2D eigenvalue weighted by Gasteiger charge is 2.27. The zero-order valence-electron chi connectivity index (χ0n) is 12.7. The lowest BCUT2D eigenvalue weighted by molar-refractivity contribution is -0.128. The van der Waals surface area contributed by atoms with Gasteiger partial charge in [0.1, 0.15) is 11.9 Å². The fraction of sp³-hybridized carbons (Fsp3) is 0.438. The van der Waals surface area contributed by atoms with Crippen molar-refractivity contribution in [2.45, 2.75) is 24.9 Å². The van der Waals surface area contributed by atoms with Crippen LogP contribution >= 0.6 is 0 Å². The van der Waals surface area contributed by atoms with Crippen LogP contribution in [0.3, 0.4) is 0 Å². The number of hydrogen-bond donors (Lipinski definition) is 3. The van der Waals surface area contributed by atoms with E-state index in [0.29, 0.717) is 24.9 Å². The second-order valence-electron chi connectivity index (χ2n) is 5.95. The molecule has 0 spiro atoms. The van der Waals surface area contributed by atoms with Crippen LogP contribution in [0, 0.1) is 0 Å². The van der Waals surface area contributed by atoms with Gasteiger partial charge in [-0.15, -0.1) is 0 Å². The normalized spacial score (nSPS) is 21.1. The van der Waals surface area contributed by atoms with E-state index < -0.39 is 6.10 Å². The molecule has 0 unspecified atom stereocenters. The molecule has 1 aromatic heterocycles. The number of morpholine rings is 1. The van der Waals surface area contributed by atoms with E-state index in [0.717, 1.165) is 23.6 Å². The summed E-state index contributed by atoms with van der Waals surface area (Å²) in [4.78, 5) is 16.6. The van der Waals surface area contributed by atoms with Gasteiger partial charge in [-0.2, -0.15) is 5.10 Å². The zero-order valence-corrected chi connectivity index (χ0v) is 12.7. The van der Waals surface area contributed by atoms with Crippen LogP contribution in [-0.4, -0.2) is 46.9 Å². The third-order valence-corrected chi connectivity index (χ3v) is 4.10. The quantitative estimate of drug-likeness (QED) is 0.791. The predicted octanol–water partition coefficient (Wildman–Crippen LogP) is 1.28. The predicted molar refractivity (Wildman–Crippen MR) is 85.0 cm³/mol. The molecule has 1 aliphatic heterocycles. The summed E-state index contributed by atoms with van der Waals surface area (Å²) in [7, 11) is 0. The third kappa shape index (κ3) is 3.25.